The van der Waals surface area contributed by atoms with Crippen LogP contribution in [0, 0.1) is 0 Å². The summed E-state index contributed by atoms with van der Waals surface area (Å²) >= 11 is 1.33. The Labute approximate surface area is 174 Å². The SMILES string of the molecule is O=C(Nc1ccc(CC(O)NCc2cccc(OC(F)(F)F)c2)cc1)c1cscn1. The Morgan fingerprint density at radius 1 is 1.17 bits per heavy atom. The molecule has 3 rings (SSSR count). The average molecular weight is 437 g/mol. The molecule has 0 bridgehead atoms. The van der Waals surface area contributed by atoms with Crippen molar-refractivity contribution < 1.29 is 27.8 Å². The van der Waals surface area contributed by atoms with E-state index in [4.69, 9.17) is 0 Å². The Bertz CT molecular complexity index is 963. The predicted octanol–water partition coefficient (Wildman–Crippen LogP) is 3.94. The first kappa shape index (κ1) is 21.8. The lowest BCUT2D eigenvalue weighted by atomic mass is 10.1. The van der Waals surface area contributed by atoms with E-state index in [2.05, 4.69) is 20.4 Å². The van der Waals surface area contributed by atoms with Gasteiger partial charge in [-0.2, -0.15) is 0 Å². The van der Waals surface area contributed by atoms with Gasteiger partial charge in [0.25, 0.3) is 5.91 Å². The second-order valence-corrected chi connectivity index (χ2v) is 7.04. The second kappa shape index (κ2) is 9.70. The Morgan fingerprint density at radius 3 is 2.60 bits per heavy atom. The molecular weight excluding hydrogens is 419 g/mol. The van der Waals surface area contributed by atoms with Crippen molar-refractivity contribution in [2.75, 3.05) is 5.32 Å². The lowest BCUT2D eigenvalue weighted by molar-refractivity contribution is -0.274. The molecule has 6 nitrogen and oxygen atoms in total. The number of thiazole rings is 1. The molecule has 1 atom stereocenters. The molecule has 1 aromatic heterocycles. The minimum absolute atomic E-state index is 0.165. The summed E-state index contributed by atoms with van der Waals surface area (Å²) in [6.45, 7) is 0.165. The van der Waals surface area contributed by atoms with Gasteiger partial charge >= 0.3 is 6.36 Å². The minimum Gasteiger partial charge on any atom is -0.406 e. The number of ether oxygens (including phenoxy) is 1. The number of alkyl halides is 3. The minimum atomic E-state index is -4.75. The number of nitrogens with one attached hydrogen (secondary N) is 2. The van der Waals surface area contributed by atoms with E-state index in [9.17, 15) is 23.1 Å². The van der Waals surface area contributed by atoms with Crippen LogP contribution in [0.3, 0.4) is 0 Å². The molecule has 1 amide bonds. The lowest BCUT2D eigenvalue weighted by Crippen LogP contribution is -2.30. The van der Waals surface area contributed by atoms with Crippen molar-refractivity contribution >= 4 is 22.9 Å². The zero-order chi connectivity index (χ0) is 21.6. The van der Waals surface area contributed by atoms with Gasteiger partial charge in [-0.1, -0.05) is 24.3 Å². The molecule has 10 heteroatoms. The standard InChI is InChI=1S/C20H18F3N3O3S/c21-20(22,23)29-16-3-1-2-14(8-16)10-24-18(27)9-13-4-6-15(7-5-13)26-19(28)17-11-30-12-25-17/h1-8,11-12,18,24,27H,9-10H2,(H,26,28). The summed E-state index contributed by atoms with van der Waals surface area (Å²) < 4.78 is 40.8. The van der Waals surface area contributed by atoms with E-state index in [1.165, 1.54) is 29.5 Å². The van der Waals surface area contributed by atoms with Crippen molar-refractivity contribution in [3.05, 3.63) is 76.2 Å². The van der Waals surface area contributed by atoms with Crippen LogP contribution in [-0.2, 0) is 13.0 Å². The number of halogens is 3. The summed E-state index contributed by atoms with van der Waals surface area (Å²) in [6.07, 6.45) is -5.39. The van der Waals surface area contributed by atoms with E-state index in [1.807, 2.05) is 0 Å². The number of carbonyl (C=O) groups excluding carboxylic acids is 1. The van der Waals surface area contributed by atoms with Crippen LogP contribution in [0.25, 0.3) is 0 Å². The van der Waals surface area contributed by atoms with Crippen LogP contribution in [-0.4, -0.2) is 28.6 Å². The van der Waals surface area contributed by atoms with Crippen molar-refractivity contribution in [1.82, 2.24) is 10.3 Å². The van der Waals surface area contributed by atoms with Gasteiger partial charge in [-0.15, -0.1) is 24.5 Å². The molecule has 0 aliphatic rings. The molecule has 158 valence electrons. The molecule has 0 radical (unpaired) electrons. The summed E-state index contributed by atoms with van der Waals surface area (Å²) in [7, 11) is 0. The summed E-state index contributed by atoms with van der Waals surface area (Å²) in [4.78, 5) is 15.9. The van der Waals surface area contributed by atoms with Gasteiger partial charge in [-0.3, -0.25) is 10.1 Å². The Kier molecular flexibility index (Phi) is 7.03. The summed E-state index contributed by atoms with van der Waals surface area (Å²) in [5, 5.41) is 17.4. The number of benzene rings is 2. The first-order valence-electron chi connectivity index (χ1n) is 8.83. The maximum absolute atomic E-state index is 12.3. The fourth-order valence-corrected chi connectivity index (χ4v) is 3.16. The Hall–Kier alpha value is -2.95. The van der Waals surface area contributed by atoms with Gasteiger partial charge in [0.05, 0.1) is 5.51 Å². The highest BCUT2D eigenvalue weighted by atomic mass is 32.1. The van der Waals surface area contributed by atoms with Gasteiger partial charge in [0.2, 0.25) is 0 Å². The highest BCUT2D eigenvalue weighted by molar-refractivity contribution is 7.07. The van der Waals surface area contributed by atoms with Gasteiger partial charge in [0.1, 0.15) is 17.7 Å². The van der Waals surface area contributed by atoms with Crippen molar-refractivity contribution in [2.24, 2.45) is 0 Å². The third-order valence-electron chi connectivity index (χ3n) is 3.98. The number of nitrogens with zero attached hydrogens (tertiary/aromatic N) is 1. The maximum Gasteiger partial charge on any atom is 0.573 e. The topological polar surface area (TPSA) is 83.5 Å². The van der Waals surface area contributed by atoms with E-state index in [1.54, 1.807) is 41.2 Å². The van der Waals surface area contributed by atoms with E-state index < -0.39 is 12.6 Å². The number of aliphatic hydroxyl groups excluding tert-OH is 1. The lowest BCUT2D eigenvalue weighted by Gasteiger charge is -2.14. The van der Waals surface area contributed by atoms with Gasteiger partial charge in [-0.25, -0.2) is 4.98 Å². The van der Waals surface area contributed by atoms with Crippen LogP contribution in [0.4, 0.5) is 18.9 Å². The third-order valence-corrected chi connectivity index (χ3v) is 4.57. The summed E-state index contributed by atoms with van der Waals surface area (Å²) in [5.74, 6) is -0.617. The van der Waals surface area contributed by atoms with Crippen molar-refractivity contribution in [2.45, 2.75) is 25.6 Å². The second-order valence-electron chi connectivity index (χ2n) is 6.32. The smallest absolute Gasteiger partial charge is 0.406 e. The van der Waals surface area contributed by atoms with E-state index in [0.717, 1.165) is 5.56 Å². The molecule has 0 spiro atoms. The highest BCUT2D eigenvalue weighted by Gasteiger charge is 2.31. The van der Waals surface area contributed by atoms with Crippen LogP contribution in [0.15, 0.2) is 59.4 Å². The maximum atomic E-state index is 12.3. The zero-order valence-electron chi connectivity index (χ0n) is 15.5. The molecule has 0 saturated heterocycles. The summed E-state index contributed by atoms with van der Waals surface area (Å²) in [6, 6.07) is 12.5. The largest absolute Gasteiger partial charge is 0.573 e. The molecular formula is C20H18F3N3O3S. The first-order chi connectivity index (χ1) is 14.3. The number of hydrogen-bond acceptors (Lipinski definition) is 6. The van der Waals surface area contributed by atoms with Crippen molar-refractivity contribution in [3.63, 3.8) is 0 Å². The first-order valence-corrected chi connectivity index (χ1v) is 9.77. The molecule has 0 aliphatic carbocycles. The Balaban J connectivity index is 1.48. The van der Waals surface area contributed by atoms with Gasteiger partial charge in [0, 0.05) is 24.0 Å². The molecule has 0 saturated carbocycles. The number of carbonyl (C=O) groups is 1. The molecule has 0 aliphatic heterocycles. The average Bonchev–Trinajstić information content (AvgIpc) is 3.22. The van der Waals surface area contributed by atoms with Crippen molar-refractivity contribution in [3.8, 4) is 5.75 Å². The number of aliphatic hydroxyl groups is 1. The monoisotopic (exact) mass is 437 g/mol. The number of rotatable bonds is 8. The molecule has 3 aromatic rings. The Morgan fingerprint density at radius 2 is 1.93 bits per heavy atom. The van der Waals surface area contributed by atoms with E-state index >= 15 is 0 Å². The normalized spacial score (nSPS) is 12.4. The number of aromatic nitrogens is 1. The molecule has 30 heavy (non-hydrogen) atoms. The van der Waals surface area contributed by atoms with E-state index in [0.29, 0.717) is 16.9 Å². The number of anilines is 1. The molecule has 3 N–H and O–H groups in total. The van der Waals surface area contributed by atoms with Crippen LogP contribution in [0.5, 0.6) is 5.75 Å². The van der Waals surface area contributed by atoms with Crippen LogP contribution in [0.2, 0.25) is 0 Å². The predicted molar refractivity (Wildman–Crippen MR) is 106 cm³/mol. The van der Waals surface area contributed by atoms with Crippen LogP contribution in [0.1, 0.15) is 21.6 Å². The number of amides is 1. The highest BCUT2D eigenvalue weighted by Crippen LogP contribution is 2.23. The van der Waals surface area contributed by atoms with Gasteiger partial charge in [0.15, 0.2) is 0 Å². The molecule has 2 aromatic carbocycles. The fourth-order valence-electron chi connectivity index (χ4n) is 2.63. The molecule has 0 fully saturated rings. The van der Waals surface area contributed by atoms with Gasteiger partial charge < -0.3 is 15.2 Å². The van der Waals surface area contributed by atoms with Crippen LogP contribution >= 0.6 is 11.3 Å². The quantitative estimate of drug-likeness (QED) is 0.465. The van der Waals surface area contributed by atoms with Gasteiger partial charge in [-0.05, 0) is 35.4 Å². The fraction of sp³-hybridized carbons (Fsp3) is 0.200. The molecule has 1 unspecified atom stereocenters. The number of hydrogen-bond donors (Lipinski definition) is 3. The van der Waals surface area contributed by atoms with Crippen molar-refractivity contribution in [1.29, 1.82) is 0 Å². The van der Waals surface area contributed by atoms with E-state index in [-0.39, 0.29) is 24.6 Å². The third kappa shape index (κ3) is 6.83. The zero-order valence-corrected chi connectivity index (χ0v) is 16.3. The summed E-state index contributed by atoms with van der Waals surface area (Å²) in [5.41, 5.74) is 3.87. The molecule has 1 heterocycles. The van der Waals surface area contributed by atoms with Crippen LogP contribution < -0.4 is 15.4 Å².